The van der Waals surface area contributed by atoms with E-state index in [2.05, 4.69) is 9.97 Å². The summed E-state index contributed by atoms with van der Waals surface area (Å²) in [6, 6.07) is 0. The van der Waals surface area contributed by atoms with Crippen LogP contribution in [0.15, 0.2) is 9.13 Å². The van der Waals surface area contributed by atoms with Crippen molar-refractivity contribution in [2.45, 2.75) is 30.6 Å². The first-order valence-electron chi connectivity index (χ1n) is 5.93. The summed E-state index contributed by atoms with van der Waals surface area (Å²) >= 11 is -0.0230. The molecule has 2 aromatic rings. The van der Waals surface area contributed by atoms with Gasteiger partial charge in [0.05, 0.1) is 0 Å². The van der Waals surface area contributed by atoms with Crippen LogP contribution in [0.3, 0.4) is 0 Å². The maximum Gasteiger partial charge on any atom is 0.304 e. The minimum atomic E-state index is -1.21. The fourth-order valence-electron chi connectivity index (χ4n) is 1.81. The lowest BCUT2D eigenvalue weighted by molar-refractivity contribution is 0.286. The molecular formula is C11H15N3O3S2. The molecule has 6 nitrogen and oxygen atoms in total. The smallest absolute Gasteiger partial charge is 0.304 e. The average molecular weight is 301 g/mol. The Morgan fingerprint density at radius 1 is 1.47 bits per heavy atom. The van der Waals surface area contributed by atoms with Gasteiger partial charge in [0, 0.05) is 30.7 Å². The third-order valence-corrected chi connectivity index (χ3v) is 4.98. The second kappa shape index (κ2) is 6.00. The predicted octanol–water partition coefficient (Wildman–Crippen LogP) is 0.535. The van der Waals surface area contributed by atoms with Crippen molar-refractivity contribution >= 4 is 32.9 Å². The Bertz CT molecular complexity index is 636. The number of aryl methyl sites for hydroxylation is 1. The normalized spacial score (nSPS) is 13.1. The minimum Gasteiger partial charge on any atom is -0.610 e. The van der Waals surface area contributed by atoms with Crippen LogP contribution in [0.2, 0.25) is 0 Å². The summed E-state index contributed by atoms with van der Waals surface area (Å²) in [5, 5.41) is 8.89. The summed E-state index contributed by atoms with van der Waals surface area (Å²) in [6.07, 6.45) is 2.63. The highest BCUT2D eigenvalue weighted by Crippen LogP contribution is 2.22. The highest BCUT2D eigenvalue weighted by atomic mass is 32.2. The van der Waals surface area contributed by atoms with E-state index in [1.54, 1.807) is 4.57 Å². The van der Waals surface area contributed by atoms with Crippen LogP contribution >= 0.6 is 11.3 Å². The van der Waals surface area contributed by atoms with Gasteiger partial charge in [0.1, 0.15) is 12.1 Å². The molecule has 0 aromatic carbocycles. The number of aliphatic hydroxyl groups excluding tert-OH is 1. The van der Waals surface area contributed by atoms with E-state index in [0.717, 1.165) is 0 Å². The molecule has 0 saturated carbocycles. The maximum atomic E-state index is 12.3. The van der Waals surface area contributed by atoms with Crippen molar-refractivity contribution in [3.63, 3.8) is 0 Å². The molecule has 0 saturated heterocycles. The number of thiazole rings is 1. The highest BCUT2D eigenvalue weighted by molar-refractivity contribution is 7.92. The lowest BCUT2D eigenvalue weighted by atomic mass is 10.3. The van der Waals surface area contributed by atoms with E-state index in [-0.39, 0.29) is 17.7 Å². The number of rotatable bonds is 5. The summed E-state index contributed by atoms with van der Waals surface area (Å²) in [5.74, 6) is 0.645. The summed E-state index contributed by atoms with van der Waals surface area (Å²) in [4.78, 5) is 21.3. The lowest BCUT2D eigenvalue weighted by Gasteiger charge is -2.08. The maximum absolute atomic E-state index is 12.3. The largest absolute Gasteiger partial charge is 0.610 e. The summed E-state index contributed by atoms with van der Waals surface area (Å²) in [7, 11) is 0. The minimum absolute atomic E-state index is 0.0601. The standard InChI is InChI=1S/C11H15N3O3S2/c1-3-14-7(5-4-6-15)12-9-8(10(14)16)13-11(18-9)19(2)17/h15H,3-6H2,1-2H3. The van der Waals surface area contributed by atoms with E-state index in [1.165, 1.54) is 17.6 Å². The number of aromatic nitrogens is 3. The molecule has 0 radical (unpaired) electrons. The van der Waals surface area contributed by atoms with Crippen LogP contribution in [0.25, 0.3) is 10.3 Å². The van der Waals surface area contributed by atoms with E-state index >= 15 is 0 Å². The van der Waals surface area contributed by atoms with Gasteiger partial charge in [0.25, 0.3) is 5.56 Å². The molecule has 0 amide bonds. The van der Waals surface area contributed by atoms with E-state index in [0.29, 0.717) is 34.4 Å². The second-order valence-corrected chi connectivity index (χ2v) is 6.52. The Hall–Kier alpha value is -0.960. The first-order valence-corrected chi connectivity index (χ1v) is 8.30. The van der Waals surface area contributed by atoms with Gasteiger partial charge < -0.3 is 9.66 Å². The first kappa shape index (κ1) is 14.4. The van der Waals surface area contributed by atoms with Crippen molar-refractivity contribution in [1.82, 2.24) is 14.5 Å². The van der Waals surface area contributed by atoms with Crippen LogP contribution in [-0.4, -0.2) is 37.1 Å². The zero-order valence-electron chi connectivity index (χ0n) is 10.8. The van der Waals surface area contributed by atoms with Crippen LogP contribution in [0.5, 0.6) is 0 Å². The molecule has 104 valence electrons. The van der Waals surface area contributed by atoms with Gasteiger partial charge in [-0.1, -0.05) is 0 Å². The number of hydrogen-bond acceptors (Lipinski definition) is 6. The van der Waals surface area contributed by atoms with Crippen LogP contribution in [-0.2, 0) is 24.1 Å². The zero-order chi connectivity index (χ0) is 14.0. The molecule has 0 fully saturated rings. The SMILES string of the molecule is CCn1c(CCCO)nc2sc([S+](C)[O-])nc2c1=O. The van der Waals surface area contributed by atoms with Gasteiger partial charge in [-0.05, 0) is 24.7 Å². The van der Waals surface area contributed by atoms with Gasteiger partial charge in [-0.25, -0.2) is 4.98 Å². The molecule has 8 heteroatoms. The van der Waals surface area contributed by atoms with Crippen LogP contribution < -0.4 is 5.56 Å². The van der Waals surface area contributed by atoms with Crippen LogP contribution in [0.1, 0.15) is 19.2 Å². The van der Waals surface area contributed by atoms with Crippen LogP contribution in [0, 0.1) is 0 Å². The van der Waals surface area contributed by atoms with Crippen LogP contribution in [0.4, 0.5) is 0 Å². The van der Waals surface area contributed by atoms with Crippen molar-refractivity contribution in [3.05, 3.63) is 16.2 Å². The fraction of sp³-hybridized carbons (Fsp3) is 0.545. The third-order valence-electron chi connectivity index (χ3n) is 2.70. The topological polar surface area (TPSA) is 91.1 Å². The molecule has 0 bridgehead atoms. The van der Waals surface area contributed by atoms with Gasteiger partial charge in [-0.2, -0.15) is 4.98 Å². The Labute approximate surface area is 117 Å². The second-order valence-electron chi connectivity index (χ2n) is 3.99. The number of fused-ring (bicyclic) bond motifs is 1. The Kier molecular flexibility index (Phi) is 4.56. The van der Waals surface area contributed by atoms with E-state index in [1.807, 2.05) is 6.92 Å². The molecule has 0 spiro atoms. The van der Waals surface area contributed by atoms with Gasteiger partial charge in [-0.15, -0.1) is 0 Å². The van der Waals surface area contributed by atoms with Gasteiger partial charge in [0.15, 0.2) is 10.3 Å². The van der Waals surface area contributed by atoms with E-state index in [9.17, 15) is 9.35 Å². The average Bonchev–Trinajstić information content (AvgIpc) is 2.81. The molecule has 0 aliphatic heterocycles. The quantitative estimate of drug-likeness (QED) is 0.814. The third kappa shape index (κ3) is 2.81. The van der Waals surface area contributed by atoms with E-state index < -0.39 is 11.2 Å². The molecule has 19 heavy (non-hydrogen) atoms. The Morgan fingerprint density at radius 2 is 2.21 bits per heavy atom. The van der Waals surface area contributed by atoms with Crippen molar-refractivity contribution in [3.8, 4) is 0 Å². The lowest BCUT2D eigenvalue weighted by Crippen LogP contribution is -2.24. The van der Waals surface area contributed by atoms with Crippen molar-refractivity contribution in [2.75, 3.05) is 12.9 Å². The molecule has 0 aliphatic carbocycles. The number of nitrogens with zero attached hydrogens (tertiary/aromatic N) is 3. The molecule has 2 heterocycles. The predicted molar refractivity (Wildman–Crippen MR) is 75.1 cm³/mol. The van der Waals surface area contributed by atoms with Gasteiger partial charge in [0.2, 0.25) is 0 Å². The molecule has 2 rings (SSSR count). The summed E-state index contributed by atoms with van der Waals surface area (Å²) < 4.78 is 13.4. The number of aliphatic hydroxyl groups is 1. The van der Waals surface area contributed by atoms with Gasteiger partial charge in [-0.3, -0.25) is 9.36 Å². The fourth-order valence-corrected chi connectivity index (χ4v) is 3.42. The summed E-state index contributed by atoms with van der Waals surface area (Å²) in [5.41, 5.74) is 0.0817. The Morgan fingerprint density at radius 3 is 2.79 bits per heavy atom. The zero-order valence-corrected chi connectivity index (χ0v) is 12.4. The van der Waals surface area contributed by atoms with E-state index in [4.69, 9.17) is 5.11 Å². The molecule has 1 unspecified atom stereocenters. The highest BCUT2D eigenvalue weighted by Gasteiger charge is 2.18. The monoisotopic (exact) mass is 301 g/mol. The molecular weight excluding hydrogens is 286 g/mol. The Balaban J connectivity index is 2.60. The van der Waals surface area contributed by atoms with Gasteiger partial charge >= 0.3 is 4.34 Å². The molecule has 1 N–H and O–H groups in total. The number of hydrogen-bond donors (Lipinski definition) is 1. The molecule has 1 atom stereocenters. The summed E-state index contributed by atoms with van der Waals surface area (Å²) in [6.45, 7) is 2.43. The molecule has 0 aliphatic rings. The first-order chi connectivity index (χ1) is 9.08. The van der Waals surface area contributed by atoms with Crippen molar-refractivity contribution in [1.29, 1.82) is 0 Å². The van der Waals surface area contributed by atoms with Crippen molar-refractivity contribution in [2.24, 2.45) is 0 Å². The molecule has 2 aromatic heterocycles. The van der Waals surface area contributed by atoms with Crippen molar-refractivity contribution < 1.29 is 9.66 Å².